The second-order valence-corrected chi connectivity index (χ2v) is 5.71. The summed E-state index contributed by atoms with van der Waals surface area (Å²) in [6, 6.07) is 12.0. The lowest BCUT2D eigenvalue weighted by molar-refractivity contribution is -0.114. The van der Waals surface area contributed by atoms with E-state index in [2.05, 4.69) is 15.3 Å². The summed E-state index contributed by atoms with van der Waals surface area (Å²) in [7, 11) is 0. The molecule has 0 spiro atoms. The minimum absolute atomic E-state index is 0.163. The van der Waals surface area contributed by atoms with Crippen LogP contribution < -0.4 is 10.1 Å². The monoisotopic (exact) mass is 339 g/mol. The van der Waals surface area contributed by atoms with Gasteiger partial charge in [-0.3, -0.25) is 9.78 Å². The van der Waals surface area contributed by atoms with Crippen LogP contribution in [0.2, 0.25) is 0 Å². The number of anilines is 1. The minimum atomic E-state index is -0.541. The molecule has 0 fully saturated rings. The molecule has 0 saturated heterocycles. The number of rotatable bonds is 4. The molecule has 0 radical (unpaired) electrons. The van der Waals surface area contributed by atoms with Crippen molar-refractivity contribution in [2.75, 3.05) is 5.32 Å². The van der Waals surface area contributed by atoms with Gasteiger partial charge in [-0.1, -0.05) is 6.07 Å². The van der Waals surface area contributed by atoms with Gasteiger partial charge in [0.05, 0.1) is 5.69 Å². The van der Waals surface area contributed by atoms with Crippen LogP contribution in [0.3, 0.4) is 0 Å². The van der Waals surface area contributed by atoms with Crippen LogP contribution in [0, 0.1) is 0 Å². The maximum absolute atomic E-state index is 12.2. The van der Waals surface area contributed by atoms with E-state index in [-0.39, 0.29) is 11.6 Å². The predicted molar refractivity (Wildman–Crippen MR) is 91.0 cm³/mol. The van der Waals surface area contributed by atoms with E-state index >= 15 is 0 Å². The molecule has 1 N–H and O–H groups in total. The molecule has 3 rings (SSSR count). The molecule has 0 aliphatic heterocycles. The molecule has 0 aliphatic rings. The van der Waals surface area contributed by atoms with Crippen molar-refractivity contribution in [2.45, 2.75) is 6.92 Å². The standard InChI is InChI=1S/C17H13N3O3S/c1-11(21)19-12-5-7-13(8-6-12)23-17(22)15-10-24-16(20-15)14-4-2-3-9-18-14/h2-10H,1H3,(H,19,21). The molecule has 2 heterocycles. The van der Waals surface area contributed by atoms with Crippen LogP contribution >= 0.6 is 11.3 Å². The third-order valence-corrected chi connectivity index (χ3v) is 3.85. The van der Waals surface area contributed by atoms with E-state index < -0.39 is 5.97 Å². The molecule has 1 aromatic carbocycles. The lowest BCUT2D eigenvalue weighted by Gasteiger charge is -2.04. The molecule has 0 aliphatic carbocycles. The molecule has 0 atom stereocenters. The fourth-order valence-electron chi connectivity index (χ4n) is 1.94. The summed E-state index contributed by atoms with van der Waals surface area (Å²) < 4.78 is 5.28. The fraction of sp³-hybridized carbons (Fsp3) is 0.0588. The Morgan fingerprint density at radius 3 is 2.58 bits per heavy atom. The second-order valence-electron chi connectivity index (χ2n) is 4.85. The zero-order valence-corrected chi connectivity index (χ0v) is 13.5. The average Bonchev–Trinajstić information content (AvgIpc) is 3.07. The van der Waals surface area contributed by atoms with Gasteiger partial charge >= 0.3 is 5.97 Å². The third-order valence-electron chi connectivity index (χ3n) is 2.98. The smallest absolute Gasteiger partial charge is 0.363 e. The van der Waals surface area contributed by atoms with Crippen LogP contribution in [0.1, 0.15) is 17.4 Å². The maximum Gasteiger partial charge on any atom is 0.363 e. The van der Waals surface area contributed by atoms with Gasteiger partial charge in [-0.25, -0.2) is 9.78 Å². The van der Waals surface area contributed by atoms with Gasteiger partial charge in [0.15, 0.2) is 5.69 Å². The van der Waals surface area contributed by atoms with E-state index in [0.717, 1.165) is 0 Å². The van der Waals surface area contributed by atoms with Crippen LogP contribution in [0.4, 0.5) is 5.69 Å². The van der Waals surface area contributed by atoms with Crippen molar-refractivity contribution < 1.29 is 14.3 Å². The van der Waals surface area contributed by atoms with Crippen LogP contribution in [0.15, 0.2) is 54.0 Å². The zero-order chi connectivity index (χ0) is 16.9. The number of nitrogens with zero attached hydrogens (tertiary/aromatic N) is 2. The molecule has 7 heteroatoms. The van der Waals surface area contributed by atoms with Crippen molar-refractivity contribution in [3.05, 3.63) is 59.7 Å². The Morgan fingerprint density at radius 2 is 1.92 bits per heavy atom. The Morgan fingerprint density at radius 1 is 1.12 bits per heavy atom. The number of benzene rings is 1. The number of pyridine rings is 1. The number of nitrogens with one attached hydrogen (secondary N) is 1. The number of carbonyl (C=O) groups is 2. The molecule has 3 aromatic rings. The van der Waals surface area contributed by atoms with E-state index in [9.17, 15) is 9.59 Å². The Hall–Kier alpha value is -3.06. The van der Waals surface area contributed by atoms with E-state index in [1.165, 1.54) is 18.3 Å². The number of esters is 1. The molecule has 0 unspecified atom stereocenters. The predicted octanol–water partition coefficient (Wildman–Crippen LogP) is 3.38. The van der Waals surface area contributed by atoms with E-state index in [1.807, 2.05) is 18.2 Å². The van der Waals surface area contributed by atoms with Gasteiger partial charge in [0.2, 0.25) is 5.91 Å². The van der Waals surface area contributed by atoms with Gasteiger partial charge in [0.1, 0.15) is 10.8 Å². The summed E-state index contributed by atoms with van der Waals surface area (Å²) in [5.74, 6) is -0.327. The second kappa shape index (κ2) is 7.01. The topological polar surface area (TPSA) is 81.2 Å². The number of aromatic nitrogens is 2. The highest BCUT2D eigenvalue weighted by molar-refractivity contribution is 7.13. The summed E-state index contributed by atoms with van der Waals surface area (Å²) in [6.07, 6.45) is 1.67. The van der Waals surface area contributed by atoms with Gasteiger partial charge < -0.3 is 10.1 Å². The van der Waals surface area contributed by atoms with Crippen molar-refractivity contribution in [1.82, 2.24) is 9.97 Å². The highest BCUT2D eigenvalue weighted by Crippen LogP contribution is 2.23. The molecule has 24 heavy (non-hydrogen) atoms. The van der Waals surface area contributed by atoms with Crippen LogP contribution in [-0.4, -0.2) is 21.8 Å². The highest BCUT2D eigenvalue weighted by Gasteiger charge is 2.14. The maximum atomic E-state index is 12.2. The molecule has 6 nitrogen and oxygen atoms in total. The first-order chi connectivity index (χ1) is 11.6. The highest BCUT2D eigenvalue weighted by atomic mass is 32.1. The third kappa shape index (κ3) is 3.82. The molecule has 0 bridgehead atoms. The Balaban J connectivity index is 1.69. The van der Waals surface area contributed by atoms with Gasteiger partial charge in [0, 0.05) is 24.2 Å². The van der Waals surface area contributed by atoms with Gasteiger partial charge in [0.25, 0.3) is 0 Å². The molecular weight excluding hydrogens is 326 g/mol. The van der Waals surface area contributed by atoms with E-state index in [1.54, 1.807) is 35.8 Å². The summed E-state index contributed by atoms with van der Waals surface area (Å²) in [4.78, 5) is 31.6. The summed E-state index contributed by atoms with van der Waals surface area (Å²) in [6.45, 7) is 1.43. The van der Waals surface area contributed by atoms with Crippen molar-refractivity contribution in [3.63, 3.8) is 0 Å². The lowest BCUT2D eigenvalue weighted by Crippen LogP contribution is -2.09. The van der Waals surface area contributed by atoms with E-state index in [0.29, 0.717) is 22.1 Å². The molecule has 0 saturated carbocycles. The minimum Gasteiger partial charge on any atom is -0.422 e. The largest absolute Gasteiger partial charge is 0.422 e. The normalized spacial score (nSPS) is 10.2. The van der Waals surface area contributed by atoms with Gasteiger partial charge in [-0.05, 0) is 36.4 Å². The number of thiazole rings is 1. The van der Waals surface area contributed by atoms with Crippen molar-refractivity contribution in [3.8, 4) is 16.5 Å². The molecular formula is C17H13N3O3S. The fourth-order valence-corrected chi connectivity index (χ4v) is 2.71. The Labute approximate surface area is 142 Å². The zero-order valence-electron chi connectivity index (χ0n) is 12.7. The number of carbonyl (C=O) groups excluding carboxylic acids is 2. The number of hydrogen-bond donors (Lipinski definition) is 1. The molecule has 120 valence electrons. The van der Waals surface area contributed by atoms with Gasteiger partial charge in [-0.2, -0.15) is 0 Å². The van der Waals surface area contributed by atoms with Crippen LogP contribution in [-0.2, 0) is 4.79 Å². The number of amides is 1. The lowest BCUT2D eigenvalue weighted by atomic mass is 10.3. The van der Waals surface area contributed by atoms with Crippen molar-refractivity contribution in [1.29, 1.82) is 0 Å². The molecule has 2 aromatic heterocycles. The van der Waals surface area contributed by atoms with Crippen molar-refractivity contribution >= 4 is 28.9 Å². The van der Waals surface area contributed by atoms with Gasteiger partial charge in [-0.15, -0.1) is 11.3 Å². The summed E-state index contributed by atoms with van der Waals surface area (Å²) in [5.41, 5.74) is 1.57. The Bertz CT molecular complexity index is 860. The quantitative estimate of drug-likeness (QED) is 0.582. The van der Waals surface area contributed by atoms with Crippen LogP contribution in [0.25, 0.3) is 10.7 Å². The first-order valence-corrected chi connectivity index (χ1v) is 7.96. The van der Waals surface area contributed by atoms with E-state index in [4.69, 9.17) is 4.74 Å². The van der Waals surface area contributed by atoms with Crippen molar-refractivity contribution in [2.24, 2.45) is 0 Å². The first kappa shape index (κ1) is 15.8. The average molecular weight is 339 g/mol. The number of ether oxygens (including phenoxy) is 1. The molecule has 1 amide bonds. The Kier molecular flexibility index (Phi) is 4.62. The summed E-state index contributed by atoms with van der Waals surface area (Å²) >= 11 is 1.33. The SMILES string of the molecule is CC(=O)Nc1ccc(OC(=O)c2csc(-c3ccccn3)n2)cc1. The summed E-state index contributed by atoms with van der Waals surface area (Å²) in [5, 5.41) is 4.93. The first-order valence-electron chi connectivity index (χ1n) is 7.08. The van der Waals surface area contributed by atoms with Crippen LogP contribution in [0.5, 0.6) is 5.75 Å². The number of hydrogen-bond acceptors (Lipinski definition) is 6.